The molecule has 0 bridgehead atoms. The van der Waals surface area contributed by atoms with E-state index in [4.69, 9.17) is 0 Å². The lowest BCUT2D eigenvalue weighted by Gasteiger charge is -2.17. The summed E-state index contributed by atoms with van der Waals surface area (Å²) < 4.78 is 36.0. The van der Waals surface area contributed by atoms with E-state index in [1.165, 1.54) is 5.56 Å². The summed E-state index contributed by atoms with van der Waals surface area (Å²) in [7, 11) is 1.86. The molecule has 1 nitrogen and oxygen atoms in total. The van der Waals surface area contributed by atoms with Crippen molar-refractivity contribution in [1.82, 2.24) is 5.32 Å². The van der Waals surface area contributed by atoms with Gasteiger partial charge in [0.2, 0.25) is 0 Å². The van der Waals surface area contributed by atoms with E-state index >= 15 is 0 Å². The number of benzene rings is 1. The highest BCUT2D eigenvalue weighted by Crippen LogP contribution is 2.31. The van der Waals surface area contributed by atoms with Gasteiger partial charge in [0, 0.05) is 12.3 Å². The summed E-state index contributed by atoms with van der Waals surface area (Å²) in [5.74, 6) is 0.418. The first-order chi connectivity index (χ1) is 8.53. The summed E-state index contributed by atoms with van der Waals surface area (Å²) in [6.07, 6.45) is 1.35. The second-order valence-corrected chi connectivity index (χ2v) is 5.26. The second kappa shape index (κ2) is 7.69. The summed E-state index contributed by atoms with van der Waals surface area (Å²) >= 11 is 0.0684. The van der Waals surface area contributed by atoms with Gasteiger partial charge in [-0.3, -0.25) is 0 Å². The Labute approximate surface area is 110 Å². The average Bonchev–Trinajstić information content (AvgIpc) is 2.33. The predicted octanol–water partition coefficient (Wildman–Crippen LogP) is 4.02. The zero-order valence-corrected chi connectivity index (χ0v) is 11.2. The number of halogens is 3. The molecule has 1 aromatic carbocycles. The molecule has 1 rings (SSSR count). The van der Waals surface area contributed by atoms with Crippen LogP contribution < -0.4 is 5.32 Å². The Morgan fingerprint density at radius 2 is 1.89 bits per heavy atom. The number of alkyl halides is 3. The van der Waals surface area contributed by atoms with Gasteiger partial charge in [-0.15, -0.1) is 0 Å². The van der Waals surface area contributed by atoms with Crippen LogP contribution in [0.3, 0.4) is 0 Å². The molecule has 0 saturated heterocycles. The number of nitrogens with one attached hydrogen (secondary N) is 1. The first-order valence-electron chi connectivity index (χ1n) is 5.93. The van der Waals surface area contributed by atoms with Crippen molar-refractivity contribution in [3.63, 3.8) is 0 Å². The predicted molar refractivity (Wildman–Crippen MR) is 70.9 cm³/mol. The van der Waals surface area contributed by atoms with Crippen molar-refractivity contribution < 1.29 is 13.2 Å². The molecule has 1 atom stereocenters. The molecule has 1 N–H and O–H groups in total. The third kappa shape index (κ3) is 6.31. The fourth-order valence-electron chi connectivity index (χ4n) is 1.88. The summed E-state index contributed by atoms with van der Waals surface area (Å²) in [6.45, 7) is 0.792. The van der Waals surface area contributed by atoms with Crippen molar-refractivity contribution in [2.45, 2.75) is 24.3 Å². The average molecular weight is 277 g/mol. The largest absolute Gasteiger partial charge is 0.441 e. The second-order valence-electron chi connectivity index (χ2n) is 4.10. The molecule has 0 aromatic heterocycles. The highest BCUT2D eigenvalue weighted by atomic mass is 32.2. The van der Waals surface area contributed by atoms with E-state index in [0.29, 0.717) is 6.42 Å². The molecule has 0 aliphatic rings. The van der Waals surface area contributed by atoms with Crippen LogP contribution in [0.5, 0.6) is 0 Å². The van der Waals surface area contributed by atoms with Gasteiger partial charge in [-0.2, -0.15) is 13.2 Å². The summed E-state index contributed by atoms with van der Waals surface area (Å²) in [5, 5.41) is 3.09. The smallest absolute Gasteiger partial charge is 0.319 e. The van der Waals surface area contributed by atoms with E-state index in [-0.39, 0.29) is 23.4 Å². The van der Waals surface area contributed by atoms with Gasteiger partial charge in [0.05, 0.1) is 0 Å². The molecule has 0 fully saturated rings. The van der Waals surface area contributed by atoms with E-state index in [1.54, 1.807) is 0 Å². The van der Waals surface area contributed by atoms with Crippen LogP contribution in [-0.4, -0.2) is 24.9 Å². The highest BCUT2D eigenvalue weighted by molar-refractivity contribution is 8.00. The monoisotopic (exact) mass is 277 g/mol. The Bertz CT molecular complexity index is 327. The lowest BCUT2D eigenvalue weighted by atomic mass is 9.94. The first-order valence-corrected chi connectivity index (χ1v) is 6.91. The minimum atomic E-state index is -4.11. The van der Waals surface area contributed by atoms with Gasteiger partial charge in [0.15, 0.2) is 0 Å². The third-order valence-corrected chi connectivity index (χ3v) is 3.50. The molecule has 0 aliphatic carbocycles. The van der Waals surface area contributed by atoms with Gasteiger partial charge < -0.3 is 5.32 Å². The van der Waals surface area contributed by atoms with Crippen molar-refractivity contribution >= 4 is 11.8 Å². The molecule has 0 radical (unpaired) electrons. The van der Waals surface area contributed by atoms with Crippen LogP contribution in [0.1, 0.15) is 24.3 Å². The van der Waals surface area contributed by atoms with Crippen molar-refractivity contribution in [3.05, 3.63) is 35.9 Å². The molecule has 0 aliphatic heterocycles. The molecule has 0 spiro atoms. The minimum absolute atomic E-state index is 0.0684. The number of hydrogen-bond acceptors (Lipinski definition) is 2. The zero-order valence-electron chi connectivity index (χ0n) is 10.3. The minimum Gasteiger partial charge on any atom is -0.319 e. The van der Waals surface area contributed by atoms with Crippen molar-refractivity contribution in [2.24, 2.45) is 0 Å². The van der Waals surface area contributed by atoms with Crippen LogP contribution in [0.4, 0.5) is 13.2 Å². The molecule has 0 saturated carbocycles. The summed E-state index contributed by atoms with van der Waals surface area (Å²) in [6, 6.07) is 9.92. The van der Waals surface area contributed by atoms with Crippen LogP contribution in [0, 0.1) is 0 Å². The maximum absolute atomic E-state index is 12.0. The molecular formula is C13H18F3NS. The lowest BCUT2D eigenvalue weighted by Crippen LogP contribution is -2.17. The van der Waals surface area contributed by atoms with Crippen LogP contribution in [0.2, 0.25) is 0 Å². The van der Waals surface area contributed by atoms with E-state index in [9.17, 15) is 13.2 Å². The van der Waals surface area contributed by atoms with E-state index in [1.807, 2.05) is 37.4 Å². The Kier molecular flexibility index (Phi) is 6.57. The van der Waals surface area contributed by atoms with Gasteiger partial charge in [-0.05, 0) is 31.4 Å². The standard InChI is InChI=1S/C13H18F3NS/c1-17-10-12(11-6-3-2-4-7-11)8-5-9-18-13(14,15)16/h2-4,6-7,12,17H,5,8-10H2,1H3. The maximum atomic E-state index is 12.0. The van der Waals surface area contributed by atoms with Gasteiger partial charge in [-0.1, -0.05) is 42.1 Å². The summed E-state index contributed by atoms with van der Waals surface area (Å²) in [5.41, 5.74) is -2.92. The van der Waals surface area contributed by atoms with Crippen LogP contribution in [0.25, 0.3) is 0 Å². The number of rotatable bonds is 7. The molecule has 102 valence electrons. The Hall–Kier alpha value is -0.680. The fourth-order valence-corrected chi connectivity index (χ4v) is 2.42. The SMILES string of the molecule is CNCC(CCCSC(F)(F)F)c1ccccc1. The quantitative estimate of drug-likeness (QED) is 0.755. The Morgan fingerprint density at radius 3 is 2.44 bits per heavy atom. The van der Waals surface area contributed by atoms with E-state index in [0.717, 1.165) is 13.0 Å². The van der Waals surface area contributed by atoms with Gasteiger partial charge >= 0.3 is 5.51 Å². The summed E-state index contributed by atoms with van der Waals surface area (Å²) in [4.78, 5) is 0. The molecule has 18 heavy (non-hydrogen) atoms. The molecular weight excluding hydrogens is 259 g/mol. The first kappa shape index (κ1) is 15.4. The van der Waals surface area contributed by atoms with Gasteiger partial charge in [0.25, 0.3) is 0 Å². The molecule has 0 amide bonds. The normalized spacial score (nSPS) is 13.6. The van der Waals surface area contributed by atoms with E-state index < -0.39 is 5.51 Å². The van der Waals surface area contributed by atoms with Crippen molar-refractivity contribution in [2.75, 3.05) is 19.3 Å². The van der Waals surface area contributed by atoms with Crippen molar-refractivity contribution in [1.29, 1.82) is 0 Å². The molecule has 1 unspecified atom stereocenters. The van der Waals surface area contributed by atoms with Crippen LogP contribution in [0.15, 0.2) is 30.3 Å². The van der Waals surface area contributed by atoms with E-state index in [2.05, 4.69) is 5.32 Å². The molecule has 5 heteroatoms. The Balaban J connectivity index is 2.40. The van der Waals surface area contributed by atoms with Gasteiger partial charge in [0.1, 0.15) is 0 Å². The topological polar surface area (TPSA) is 12.0 Å². The van der Waals surface area contributed by atoms with Gasteiger partial charge in [-0.25, -0.2) is 0 Å². The number of likely N-dealkylation sites (N-methyl/N-ethyl adjacent to an activating group) is 1. The Morgan fingerprint density at radius 1 is 1.22 bits per heavy atom. The third-order valence-electron chi connectivity index (χ3n) is 2.68. The highest BCUT2D eigenvalue weighted by Gasteiger charge is 2.27. The molecule has 0 heterocycles. The maximum Gasteiger partial charge on any atom is 0.441 e. The van der Waals surface area contributed by atoms with Crippen LogP contribution in [-0.2, 0) is 0 Å². The zero-order chi connectivity index (χ0) is 13.4. The number of hydrogen-bond donors (Lipinski definition) is 1. The fraction of sp³-hybridized carbons (Fsp3) is 0.538. The lowest BCUT2D eigenvalue weighted by molar-refractivity contribution is -0.0328. The number of thioether (sulfide) groups is 1. The van der Waals surface area contributed by atoms with Crippen LogP contribution >= 0.6 is 11.8 Å². The molecule has 1 aromatic rings. The van der Waals surface area contributed by atoms with Crippen molar-refractivity contribution in [3.8, 4) is 0 Å².